The van der Waals surface area contributed by atoms with Crippen molar-refractivity contribution in [3.05, 3.63) is 76.4 Å². The van der Waals surface area contributed by atoms with E-state index in [0.29, 0.717) is 21.3 Å². The third-order valence-electron chi connectivity index (χ3n) is 4.03. The number of nitrogens with zero attached hydrogens (tertiary/aromatic N) is 2. The fourth-order valence-electron chi connectivity index (χ4n) is 2.87. The van der Waals surface area contributed by atoms with Crippen LogP contribution in [0.5, 0.6) is 0 Å². The predicted octanol–water partition coefficient (Wildman–Crippen LogP) is 6.02. The normalized spacial score (nSPS) is 11.3. The van der Waals surface area contributed by atoms with Crippen LogP contribution in [0.4, 0.5) is 0 Å². The summed E-state index contributed by atoms with van der Waals surface area (Å²) in [4.78, 5) is 12.9. The largest absolute Gasteiger partial charge is 0.346 e. The van der Waals surface area contributed by atoms with E-state index in [1.54, 1.807) is 29.0 Å². The first-order chi connectivity index (χ1) is 13.2. The molecule has 0 aliphatic carbocycles. The van der Waals surface area contributed by atoms with Crippen LogP contribution in [-0.2, 0) is 0 Å². The second-order valence-electron chi connectivity index (χ2n) is 7.39. The van der Waals surface area contributed by atoms with Crippen molar-refractivity contribution in [2.75, 3.05) is 0 Å². The number of carbonyl (C=O) groups excluding carboxylic acids is 1. The Morgan fingerprint density at radius 1 is 1.11 bits per heavy atom. The quantitative estimate of drug-likeness (QED) is 0.568. The number of hydrogen-bond donors (Lipinski definition) is 1. The molecule has 2 aromatic carbocycles. The van der Waals surface area contributed by atoms with Crippen molar-refractivity contribution >= 4 is 35.2 Å². The van der Waals surface area contributed by atoms with Gasteiger partial charge in [0.15, 0.2) is 5.69 Å². The van der Waals surface area contributed by atoms with E-state index in [-0.39, 0.29) is 11.6 Å². The van der Waals surface area contributed by atoms with Crippen LogP contribution in [0, 0.1) is 0 Å². The number of para-hydroxylation sites is 1. The zero-order valence-electron chi connectivity index (χ0n) is 16.0. The molecule has 28 heavy (non-hydrogen) atoms. The summed E-state index contributed by atoms with van der Waals surface area (Å²) in [5.41, 5.74) is 2.76. The van der Waals surface area contributed by atoms with Gasteiger partial charge in [0.1, 0.15) is 0 Å². The highest BCUT2D eigenvalue weighted by Crippen LogP contribution is 2.33. The van der Waals surface area contributed by atoms with E-state index >= 15 is 0 Å². The van der Waals surface area contributed by atoms with E-state index in [2.05, 4.69) is 17.0 Å². The Bertz CT molecular complexity index is 1030. The van der Waals surface area contributed by atoms with Crippen molar-refractivity contribution in [3.63, 3.8) is 0 Å². The molecule has 3 rings (SSSR count). The predicted molar refractivity (Wildman–Crippen MR) is 116 cm³/mol. The van der Waals surface area contributed by atoms with Gasteiger partial charge in [-0.2, -0.15) is 5.10 Å². The summed E-state index contributed by atoms with van der Waals surface area (Å²) in [5.74, 6) is -0.275. The molecule has 0 saturated carbocycles. The number of carbonyl (C=O) groups is 1. The summed E-state index contributed by atoms with van der Waals surface area (Å²) in [6.45, 7) is 9.67. The van der Waals surface area contributed by atoms with E-state index in [1.165, 1.54) is 0 Å². The average molecular weight is 414 g/mol. The van der Waals surface area contributed by atoms with Crippen LogP contribution >= 0.6 is 23.2 Å². The third-order valence-corrected chi connectivity index (χ3v) is 4.60. The van der Waals surface area contributed by atoms with Gasteiger partial charge in [0.2, 0.25) is 0 Å². The first kappa shape index (κ1) is 20.2. The fraction of sp³-hybridized carbons (Fsp3) is 0.182. The molecular weight excluding hydrogens is 393 g/mol. The molecule has 0 radical (unpaired) electrons. The Labute approximate surface area is 174 Å². The molecule has 0 unspecified atom stereocenters. The maximum atomic E-state index is 12.9. The average Bonchev–Trinajstić information content (AvgIpc) is 3.01. The Hall–Kier alpha value is -2.56. The van der Waals surface area contributed by atoms with Gasteiger partial charge in [-0.3, -0.25) is 4.79 Å². The molecule has 1 heterocycles. The number of amides is 1. The van der Waals surface area contributed by atoms with Crippen LogP contribution in [-0.4, -0.2) is 21.2 Å². The van der Waals surface area contributed by atoms with Gasteiger partial charge in [-0.15, -0.1) is 0 Å². The molecule has 6 heteroatoms. The maximum absolute atomic E-state index is 12.9. The van der Waals surface area contributed by atoms with Crippen molar-refractivity contribution < 1.29 is 4.79 Å². The molecule has 0 fully saturated rings. The van der Waals surface area contributed by atoms with Crippen LogP contribution in [0.2, 0.25) is 10.0 Å². The number of rotatable bonds is 4. The van der Waals surface area contributed by atoms with Crippen molar-refractivity contribution in [1.29, 1.82) is 0 Å². The first-order valence-corrected chi connectivity index (χ1v) is 9.55. The van der Waals surface area contributed by atoms with Crippen LogP contribution < -0.4 is 5.32 Å². The molecule has 0 aliphatic heterocycles. The van der Waals surface area contributed by atoms with Gasteiger partial charge in [0, 0.05) is 21.7 Å². The van der Waals surface area contributed by atoms with E-state index in [9.17, 15) is 4.79 Å². The molecule has 1 amide bonds. The van der Waals surface area contributed by atoms with E-state index < -0.39 is 5.54 Å². The number of halogens is 2. The lowest BCUT2D eigenvalue weighted by molar-refractivity contribution is 0.0914. The standard InChI is InChI=1S/C22H21Cl2N3O/c1-5-16-19(21(28)25-22(2,3)4)26-27(18-9-7-6-8-17(18)24)20(16)14-10-12-15(23)13-11-14/h5-13H,1H2,2-4H3,(H,25,28). The van der Waals surface area contributed by atoms with Crippen molar-refractivity contribution in [2.45, 2.75) is 26.3 Å². The molecule has 0 saturated heterocycles. The summed E-state index contributed by atoms with van der Waals surface area (Å²) < 4.78 is 1.68. The van der Waals surface area contributed by atoms with E-state index in [0.717, 1.165) is 11.3 Å². The lowest BCUT2D eigenvalue weighted by Crippen LogP contribution is -2.41. The lowest BCUT2D eigenvalue weighted by atomic mass is 10.0. The summed E-state index contributed by atoms with van der Waals surface area (Å²) >= 11 is 12.5. The minimum atomic E-state index is -0.399. The highest BCUT2D eigenvalue weighted by atomic mass is 35.5. The van der Waals surface area contributed by atoms with Crippen molar-refractivity contribution in [2.24, 2.45) is 0 Å². The van der Waals surface area contributed by atoms with Gasteiger partial charge < -0.3 is 5.32 Å². The topological polar surface area (TPSA) is 46.9 Å². The Kier molecular flexibility index (Phi) is 5.64. The molecule has 0 atom stereocenters. The van der Waals surface area contributed by atoms with Crippen LogP contribution in [0.3, 0.4) is 0 Å². The zero-order valence-corrected chi connectivity index (χ0v) is 17.5. The highest BCUT2D eigenvalue weighted by molar-refractivity contribution is 6.32. The molecule has 1 aromatic heterocycles. The summed E-state index contributed by atoms with van der Waals surface area (Å²) in [6, 6.07) is 14.7. The molecule has 0 spiro atoms. The molecular formula is C22H21Cl2N3O. The molecule has 144 valence electrons. The molecule has 0 aliphatic rings. The van der Waals surface area contributed by atoms with Gasteiger partial charge in [0.05, 0.1) is 16.4 Å². The van der Waals surface area contributed by atoms with Gasteiger partial charge in [0.25, 0.3) is 5.91 Å². The molecule has 1 N–H and O–H groups in total. The van der Waals surface area contributed by atoms with Gasteiger partial charge in [-0.1, -0.05) is 60.1 Å². The summed E-state index contributed by atoms with van der Waals surface area (Å²) in [6.07, 6.45) is 1.64. The van der Waals surface area contributed by atoms with Crippen LogP contribution in [0.15, 0.2) is 55.1 Å². The Morgan fingerprint density at radius 3 is 2.32 bits per heavy atom. The molecule has 4 nitrogen and oxygen atoms in total. The lowest BCUT2D eigenvalue weighted by Gasteiger charge is -2.19. The third kappa shape index (κ3) is 4.13. The van der Waals surface area contributed by atoms with Gasteiger partial charge in [-0.05, 0) is 45.0 Å². The monoisotopic (exact) mass is 413 g/mol. The Morgan fingerprint density at radius 2 is 1.75 bits per heavy atom. The number of nitrogens with one attached hydrogen (secondary N) is 1. The highest BCUT2D eigenvalue weighted by Gasteiger charge is 2.26. The van der Waals surface area contributed by atoms with Crippen LogP contribution in [0.1, 0.15) is 36.8 Å². The first-order valence-electron chi connectivity index (χ1n) is 8.80. The van der Waals surface area contributed by atoms with Crippen molar-refractivity contribution in [1.82, 2.24) is 15.1 Å². The minimum Gasteiger partial charge on any atom is -0.346 e. The second-order valence-corrected chi connectivity index (χ2v) is 8.23. The fourth-order valence-corrected chi connectivity index (χ4v) is 3.22. The molecule has 3 aromatic rings. The number of benzene rings is 2. The second kappa shape index (κ2) is 7.82. The number of hydrogen-bond acceptors (Lipinski definition) is 2. The SMILES string of the molecule is C=Cc1c(C(=O)NC(C)(C)C)nn(-c2ccccc2Cl)c1-c1ccc(Cl)cc1. The smallest absolute Gasteiger partial charge is 0.272 e. The minimum absolute atomic E-state index is 0.275. The number of aromatic nitrogens is 2. The maximum Gasteiger partial charge on any atom is 0.272 e. The van der Waals surface area contributed by atoms with Gasteiger partial charge >= 0.3 is 0 Å². The summed E-state index contributed by atoms with van der Waals surface area (Å²) in [5, 5.41) is 8.72. The van der Waals surface area contributed by atoms with Crippen LogP contribution in [0.25, 0.3) is 23.0 Å². The molecule has 0 bridgehead atoms. The summed E-state index contributed by atoms with van der Waals surface area (Å²) in [7, 11) is 0. The van der Waals surface area contributed by atoms with E-state index in [4.69, 9.17) is 23.2 Å². The van der Waals surface area contributed by atoms with E-state index in [1.807, 2.05) is 51.1 Å². The Balaban J connectivity index is 2.28. The van der Waals surface area contributed by atoms with Crippen molar-refractivity contribution in [3.8, 4) is 16.9 Å². The van der Waals surface area contributed by atoms with Gasteiger partial charge in [-0.25, -0.2) is 4.68 Å². The zero-order chi connectivity index (χ0) is 20.5.